The van der Waals surface area contributed by atoms with Gasteiger partial charge in [-0.25, -0.2) is 4.79 Å². The van der Waals surface area contributed by atoms with E-state index in [0.717, 1.165) is 0 Å². The average Bonchev–Trinajstić information content (AvgIpc) is 2.50. The number of ether oxygens (including phenoxy) is 4. The van der Waals surface area contributed by atoms with E-state index in [-0.39, 0.29) is 19.1 Å². The molecule has 0 fully saturated rings. The van der Waals surface area contributed by atoms with Crippen LogP contribution in [-0.4, -0.2) is 32.8 Å². The van der Waals surface area contributed by atoms with Crippen molar-refractivity contribution in [2.24, 2.45) is 0 Å². The minimum Gasteiger partial charge on any atom is -0.463 e. The van der Waals surface area contributed by atoms with Crippen molar-refractivity contribution in [1.29, 1.82) is 0 Å². The van der Waals surface area contributed by atoms with E-state index in [2.05, 4.69) is 4.74 Å². The fourth-order valence-corrected chi connectivity index (χ4v) is 1.81. The minimum atomic E-state index is -4.74. The molecular weight excluding hydrogens is 329 g/mol. The molecular formula is C16H19F3O5. The number of carbonyl (C=O) groups excluding carboxylic acids is 1. The van der Waals surface area contributed by atoms with Crippen LogP contribution in [0.5, 0.6) is 5.75 Å². The van der Waals surface area contributed by atoms with Crippen molar-refractivity contribution in [3.63, 3.8) is 0 Å². The van der Waals surface area contributed by atoms with Crippen LogP contribution in [0.15, 0.2) is 36.4 Å². The van der Waals surface area contributed by atoms with Crippen LogP contribution in [0.1, 0.15) is 25.0 Å². The van der Waals surface area contributed by atoms with Crippen LogP contribution in [0.25, 0.3) is 0 Å². The summed E-state index contributed by atoms with van der Waals surface area (Å²) in [6.07, 6.45) is -2.07. The zero-order valence-corrected chi connectivity index (χ0v) is 13.3. The molecule has 0 radical (unpaired) electrons. The van der Waals surface area contributed by atoms with Crippen LogP contribution in [0.4, 0.5) is 13.2 Å². The van der Waals surface area contributed by atoms with Crippen molar-refractivity contribution >= 4 is 5.97 Å². The van der Waals surface area contributed by atoms with Gasteiger partial charge in [-0.05, 0) is 31.0 Å². The minimum absolute atomic E-state index is 0.00127. The fraction of sp³-hybridized carbons (Fsp3) is 0.438. The number of halogens is 3. The van der Waals surface area contributed by atoms with Crippen molar-refractivity contribution in [2.45, 2.75) is 25.8 Å². The Morgan fingerprint density at radius 3 is 2.46 bits per heavy atom. The van der Waals surface area contributed by atoms with E-state index < -0.39 is 18.4 Å². The molecule has 1 rings (SSSR count). The Morgan fingerprint density at radius 2 is 1.92 bits per heavy atom. The molecule has 0 heterocycles. The van der Waals surface area contributed by atoms with Gasteiger partial charge >= 0.3 is 12.3 Å². The van der Waals surface area contributed by atoms with E-state index in [4.69, 9.17) is 14.2 Å². The molecule has 0 saturated heterocycles. The molecule has 1 unspecified atom stereocenters. The summed E-state index contributed by atoms with van der Waals surface area (Å²) in [7, 11) is 1.45. The molecule has 1 atom stereocenters. The molecule has 0 bridgehead atoms. The molecule has 5 nitrogen and oxygen atoms in total. The van der Waals surface area contributed by atoms with Gasteiger partial charge in [0.1, 0.15) is 12.5 Å². The first kappa shape index (κ1) is 20.0. The van der Waals surface area contributed by atoms with Crippen LogP contribution >= 0.6 is 0 Å². The number of rotatable bonds is 9. The van der Waals surface area contributed by atoms with Gasteiger partial charge in [-0.15, -0.1) is 13.2 Å². The van der Waals surface area contributed by atoms with Gasteiger partial charge in [0, 0.05) is 13.2 Å². The predicted molar refractivity (Wildman–Crippen MR) is 79.2 cm³/mol. The van der Waals surface area contributed by atoms with E-state index >= 15 is 0 Å². The summed E-state index contributed by atoms with van der Waals surface area (Å²) in [4.78, 5) is 11.3. The standard InChI is InChI=1S/C16H19F3O5/c1-3-22-15(20)6-4-5-14(23-11-21-2)12-7-9-13(10-8-12)24-16(17,18)19/h4,6-10,14H,3,5,11H2,1-2H3. The molecule has 0 aliphatic rings. The van der Waals surface area contributed by atoms with Crippen LogP contribution in [0.3, 0.4) is 0 Å². The molecule has 0 spiro atoms. The number of methoxy groups -OCH3 is 1. The molecule has 0 aliphatic heterocycles. The van der Waals surface area contributed by atoms with E-state index in [1.54, 1.807) is 13.0 Å². The number of hydrogen-bond acceptors (Lipinski definition) is 5. The monoisotopic (exact) mass is 348 g/mol. The maximum atomic E-state index is 12.2. The summed E-state index contributed by atoms with van der Waals surface area (Å²) in [5.74, 6) is -0.796. The van der Waals surface area contributed by atoms with Crippen molar-refractivity contribution < 1.29 is 36.9 Å². The largest absolute Gasteiger partial charge is 0.573 e. The number of carbonyl (C=O) groups is 1. The maximum absolute atomic E-state index is 12.2. The molecule has 24 heavy (non-hydrogen) atoms. The lowest BCUT2D eigenvalue weighted by atomic mass is 10.1. The Bertz CT molecular complexity index is 526. The zero-order valence-electron chi connectivity index (χ0n) is 13.3. The number of hydrogen-bond donors (Lipinski definition) is 0. The Hall–Kier alpha value is -2.06. The maximum Gasteiger partial charge on any atom is 0.573 e. The quantitative estimate of drug-likeness (QED) is 0.386. The van der Waals surface area contributed by atoms with Gasteiger partial charge in [-0.2, -0.15) is 0 Å². The third-order valence-electron chi connectivity index (χ3n) is 2.76. The van der Waals surface area contributed by atoms with Gasteiger partial charge in [0.15, 0.2) is 0 Å². The lowest BCUT2D eigenvalue weighted by Gasteiger charge is -2.17. The topological polar surface area (TPSA) is 54.0 Å². The number of alkyl halides is 3. The lowest BCUT2D eigenvalue weighted by Crippen LogP contribution is -2.17. The Morgan fingerprint density at radius 1 is 1.25 bits per heavy atom. The van der Waals surface area contributed by atoms with Crippen molar-refractivity contribution in [3.05, 3.63) is 42.0 Å². The molecule has 8 heteroatoms. The van der Waals surface area contributed by atoms with Gasteiger partial charge in [-0.1, -0.05) is 18.2 Å². The van der Waals surface area contributed by atoms with Crippen molar-refractivity contribution in [3.8, 4) is 5.75 Å². The number of esters is 1. The highest BCUT2D eigenvalue weighted by Crippen LogP contribution is 2.27. The SMILES string of the molecule is CCOC(=O)C=CCC(OCOC)c1ccc(OC(F)(F)F)cc1. The van der Waals surface area contributed by atoms with Crippen LogP contribution in [0.2, 0.25) is 0 Å². The van der Waals surface area contributed by atoms with Gasteiger partial charge in [0.2, 0.25) is 0 Å². The normalized spacial score (nSPS) is 13.0. The first-order chi connectivity index (χ1) is 11.4. The molecule has 134 valence electrons. The lowest BCUT2D eigenvalue weighted by molar-refractivity contribution is -0.274. The summed E-state index contributed by atoms with van der Waals surface area (Å²) in [6.45, 7) is 1.97. The Kier molecular flexibility index (Phi) is 8.28. The molecule has 0 aliphatic carbocycles. The summed E-state index contributed by atoms with van der Waals surface area (Å²) < 4.78 is 55.4. The zero-order chi connectivity index (χ0) is 18.0. The summed E-state index contributed by atoms with van der Waals surface area (Å²) in [5.41, 5.74) is 0.620. The molecule has 1 aromatic carbocycles. The van der Waals surface area contributed by atoms with Gasteiger partial charge in [0.05, 0.1) is 12.7 Å². The predicted octanol–water partition coefficient (Wildman–Crippen LogP) is 3.76. The van der Waals surface area contributed by atoms with Crippen LogP contribution in [-0.2, 0) is 19.0 Å². The summed E-state index contributed by atoms with van der Waals surface area (Å²) >= 11 is 0. The summed E-state index contributed by atoms with van der Waals surface area (Å²) in [6, 6.07) is 5.31. The third kappa shape index (κ3) is 7.98. The Labute approximate surface area is 138 Å². The van der Waals surface area contributed by atoms with Gasteiger partial charge in [-0.3, -0.25) is 0 Å². The second-order valence-corrected chi connectivity index (χ2v) is 4.57. The van der Waals surface area contributed by atoms with E-state index in [1.165, 1.54) is 37.5 Å². The van der Waals surface area contributed by atoms with Gasteiger partial charge < -0.3 is 18.9 Å². The molecule has 0 amide bonds. The molecule has 1 aromatic rings. The second kappa shape index (κ2) is 9.94. The molecule has 0 saturated carbocycles. The van der Waals surface area contributed by atoms with E-state index in [0.29, 0.717) is 12.0 Å². The van der Waals surface area contributed by atoms with Crippen molar-refractivity contribution in [2.75, 3.05) is 20.5 Å². The smallest absolute Gasteiger partial charge is 0.463 e. The third-order valence-corrected chi connectivity index (χ3v) is 2.76. The van der Waals surface area contributed by atoms with Crippen LogP contribution in [0, 0.1) is 0 Å². The average molecular weight is 348 g/mol. The first-order valence-electron chi connectivity index (χ1n) is 7.15. The molecule has 0 N–H and O–H groups in total. The number of benzene rings is 1. The second-order valence-electron chi connectivity index (χ2n) is 4.57. The highest BCUT2D eigenvalue weighted by atomic mass is 19.4. The van der Waals surface area contributed by atoms with E-state index in [9.17, 15) is 18.0 Å². The van der Waals surface area contributed by atoms with E-state index in [1.807, 2.05) is 0 Å². The van der Waals surface area contributed by atoms with Gasteiger partial charge in [0.25, 0.3) is 0 Å². The van der Waals surface area contributed by atoms with Crippen molar-refractivity contribution in [1.82, 2.24) is 0 Å². The van der Waals surface area contributed by atoms with Crippen LogP contribution < -0.4 is 4.74 Å². The highest BCUT2D eigenvalue weighted by molar-refractivity contribution is 5.81. The Balaban J connectivity index is 2.74. The first-order valence-corrected chi connectivity index (χ1v) is 7.15. The fourth-order valence-electron chi connectivity index (χ4n) is 1.81. The highest BCUT2D eigenvalue weighted by Gasteiger charge is 2.31. The summed E-state index contributed by atoms with van der Waals surface area (Å²) in [5, 5.41) is 0. The molecule has 0 aromatic heterocycles.